The molecule has 0 aliphatic rings. The minimum Gasteiger partial charge on any atom is -0.504 e. The topological polar surface area (TPSA) is 29.5 Å². The van der Waals surface area contributed by atoms with Crippen molar-refractivity contribution in [3.05, 3.63) is 45.6 Å². The molecule has 2 aromatic rings. The first-order valence-electron chi connectivity index (χ1n) is 5.14. The van der Waals surface area contributed by atoms with Gasteiger partial charge in [-0.15, -0.1) is 11.3 Å². The first kappa shape index (κ1) is 11.6. The van der Waals surface area contributed by atoms with Gasteiger partial charge in [0.15, 0.2) is 11.5 Å². The minimum atomic E-state index is 0.175. The molecule has 0 saturated carbocycles. The molecule has 0 bridgehead atoms. The van der Waals surface area contributed by atoms with Gasteiger partial charge in [-0.05, 0) is 36.1 Å². The van der Waals surface area contributed by atoms with Gasteiger partial charge in [0.1, 0.15) is 0 Å². The molecule has 1 aromatic heterocycles. The third-order valence-corrected chi connectivity index (χ3v) is 3.12. The van der Waals surface area contributed by atoms with Crippen LogP contribution in [0.4, 0.5) is 0 Å². The Bertz CT molecular complexity index is 574. The average Bonchev–Trinajstić information content (AvgIpc) is 2.83. The summed E-state index contributed by atoms with van der Waals surface area (Å²) in [4.78, 5) is 1.02. The highest BCUT2D eigenvalue weighted by molar-refractivity contribution is 7.10. The highest BCUT2D eigenvalue weighted by Gasteiger charge is 2.05. The lowest BCUT2D eigenvalue weighted by molar-refractivity contribution is 0.371. The third kappa shape index (κ3) is 2.61. The molecule has 0 radical (unpaired) electrons. The molecule has 0 unspecified atom stereocenters. The normalized spacial score (nSPS) is 9.53. The van der Waals surface area contributed by atoms with Crippen molar-refractivity contribution >= 4 is 11.3 Å². The van der Waals surface area contributed by atoms with E-state index in [-0.39, 0.29) is 5.75 Å². The van der Waals surface area contributed by atoms with Gasteiger partial charge in [0.2, 0.25) is 0 Å². The highest BCUT2D eigenvalue weighted by Crippen LogP contribution is 2.30. The molecule has 0 amide bonds. The predicted molar refractivity (Wildman–Crippen MR) is 69.7 cm³/mol. The van der Waals surface area contributed by atoms with Gasteiger partial charge in [0.05, 0.1) is 12.0 Å². The van der Waals surface area contributed by atoms with Crippen molar-refractivity contribution < 1.29 is 9.84 Å². The lowest BCUT2D eigenvalue weighted by Gasteiger charge is -2.06. The van der Waals surface area contributed by atoms with Gasteiger partial charge in [-0.1, -0.05) is 17.9 Å². The number of benzene rings is 1. The Morgan fingerprint density at radius 1 is 1.29 bits per heavy atom. The second kappa shape index (κ2) is 4.94. The fourth-order valence-electron chi connectivity index (χ4n) is 1.46. The summed E-state index contributed by atoms with van der Waals surface area (Å²) in [5.74, 6) is 6.76. The number of aromatic hydroxyl groups is 1. The van der Waals surface area contributed by atoms with E-state index in [0.29, 0.717) is 5.75 Å². The summed E-state index contributed by atoms with van der Waals surface area (Å²) < 4.78 is 5.09. The Labute approximate surface area is 104 Å². The molecule has 2 nitrogen and oxygen atoms in total. The van der Waals surface area contributed by atoms with Gasteiger partial charge in [0.25, 0.3) is 0 Å². The highest BCUT2D eigenvalue weighted by atomic mass is 32.1. The molecule has 0 spiro atoms. The predicted octanol–water partition coefficient (Wildman–Crippen LogP) is 3.17. The zero-order chi connectivity index (χ0) is 12.3. The van der Waals surface area contributed by atoms with Crippen molar-refractivity contribution in [3.63, 3.8) is 0 Å². The van der Waals surface area contributed by atoms with E-state index in [2.05, 4.69) is 11.8 Å². The van der Waals surface area contributed by atoms with Gasteiger partial charge in [-0.25, -0.2) is 0 Å². The summed E-state index contributed by atoms with van der Waals surface area (Å²) in [6, 6.07) is 7.53. The second-order valence-electron chi connectivity index (χ2n) is 3.57. The lowest BCUT2D eigenvalue weighted by Crippen LogP contribution is -1.88. The van der Waals surface area contributed by atoms with Crippen molar-refractivity contribution in [2.24, 2.45) is 0 Å². The molecule has 0 aliphatic carbocycles. The molecule has 0 fully saturated rings. The summed E-state index contributed by atoms with van der Waals surface area (Å²) in [7, 11) is 1.53. The van der Waals surface area contributed by atoms with E-state index >= 15 is 0 Å². The Morgan fingerprint density at radius 2 is 2.12 bits per heavy atom. The second-order valence-corrected chi connectivity index (χ2v) is 4.52. The van der Waals surface area contributed by atoms with E-state index in [4.69, 9.17) is 4.74 Å². The molecular formula is C14H12O2S. The number of phenols is 1. The number of hydrogen-bond donors (Lipinski definition) is 1. The average molecular weight is 244 g/mol. The largest absolute Gasteiger partial charge is 0.504 e. The van der Waals surface area contributed by atoms with E-state index < -0.39 is 0 Å². The summed E-state index contributed by atoms with van der Waals surface area (Å²) in [5, 5.41) is 11.7. The maximum absolute atomic E-state index is 9.70. The molecule has 86 valence electrons. The van der Waals surface area contributed by atoms with Crippen molar-refractivity contribution in [1.82, 2.24) is 0 Å². The summed E-state index contributed by atoms with van der Waals surface area (Å²) in [6.07, 6.45) is 0. The van der Waals surface area contributed by atoms with Crippen LogP contribution in [0, 0.1) is 18.8 Å². The van der Waals surface area contributed by atoms with E-state index in [1.54, 1.807) is 17.4 Å². The molecular weight excluding hydrogens is 232 g/mol. The number of aryl methyl sites for hydroxylation is 1. The Hall–Kier alpha value is -1.92. The molecule has 1 heterocycles. The van der Waals surface area contributed by atoms with Crippen LogP contribution in [0.1, 0.15) is 16.0 Å². The Balaban J connectivity index is 2.37. The maximum Gasteiger partial charge on any atom is 0.162 e. The van der Waals surface area contributed by atoms with Crippen LogP contribution in [0.5, 0.6) is 11.5 Å². The monoisotopic (exact) mass is 244 g/mol. The first-order chi connectivity index (χ1) is 8.20. The fourth-order valence-corrected chi connectivity index (χ4v) is 2.03. The number of phenolic OH excluding ortho intramolecular Hbond substituents is 1. The number of hydrogen-bond acceptors (Lipinski definition) is 3. The van der Waals surface area contributed by atoms with Crippen molar-refractivity contribution in [2.75, 3.05) is 7.11 Å². The third-order valence-electron chi connectivity index (χ3n) is 2.34. The summed E-state index contributed by atoms with van der Waals surface area (Å²) >= 11 is 1.61. The van der Waals surface area contributed by atoms with Gasteiger partial charge in [0, 0.05) is 5.56 Å². The lowest BCUT2D eigenvalue weighted by atomic mass is 10.1. The van der Waals surface area contributed by atoms with Gasteiger partial charge in [-0.2, -0.15) is 0 Å². The zero-order valence-electron chi connectivity index (χ0n) is 9.65. The van der Waals surface area contributed by atoms with Gasteiger partial charge < -0.3 is 9.84 Å². The van der Waals surface area contributed by atoms with Crippen LogP contribution in [-0.4, -0.2) is 12.2 Å². The van der Waals surface area contributed by atoms with Crippen LogP contribution in [0.2, 0.25) is 0 Å². The molecule has 3 heteroatoms. The smallest absolute Gasteiger partial charge is 0.162 e. The number of rotatable bonds is 1. The van der Waals surface area contributed by atoms with Gasteiger partial charge >= 0.3 is 0 Å². The van der Waals surface area contributed by atoms with E-state index in [1.165, 1.54) is 7.11 Å². The Morgan fingerprint density at radius 3 is 2.76 bits per heavy atom. The molecule has 2 rings (SSSR count). The quantitative estimate of drug-likeness (QED) is 0.781. The van der Waals surface area contributed by atoms with Crippen LogP contribution < -0.4 is 4.74 Å². The van der Waals surface area contributed by atoms with Gasteiger partial charge in [-0.3, -0.25) is 0 Å². The van der Waals surface area contributed by atoms with Crippen LogP contribution in [-0.2, 0) is 0 Å². The van der Waals surface area contributed by atoms with Crippen LogP contribution in [0.3, 0.4) is 0 Å². The minimum absolute atomic E-state index is 0.175. The van der Waals surface area contributed by atoms with Crippen LogP contribution in [0.15, 0.2) is 29.6 Å². The van der Waals surface area contributed by atoms with Crippen LogP contribution in [0.25, 0.3) is 0 Å². The van der Waals surface area contributed by atoms with E-state index in [1.807, 2.05) is 30.5 Å². The van der Waals surface area contributed by atoms with Crippen molar-refractivity contribution in [3.8, 4) is 23.3 Å². The molecule has 1 N–H and O–H groups in total. The maximum atomic E-state index is 9.70. The molecule has 0 atom stereocenters. The molecule has 1 aromatic carbocycles. The van der Waals surface area contributed by atoms with Crippen molar-refractivity contribution in [1.29, 1.82) is 0 Å². The molecule has 0 aliphatic heterocycles. The van der Waals surface area contributed by atoms with Crippen molar-refractivity contribution in [2.45, 2.75) is 6.92 Å². The zero-order valence-corrected chi connectivity index (χ0v) is 10.5. The van der Waals surface area contributed by atoms with Crippen LogP contribution >= 0.6 is 11.3 Å². The number of thiophene rings is 1. The summed E-state index contributed by atoms with van der Waals surface area (Å²) in [5.41, 5.74) is 1.60. The first-order valence-corrected chi connectivity index (χ1v) is 6.02. The molecule has 0 saturated heterocycles. The Kier molecular flexibility index (Phi) is 3.36. The van der Waals surface area contributed by atoms with E-state index in [0.717, 1.165) is 16.0 Å². The molecule has 17 heavy (non-hydrogen) atoms. The summed E-state index contributed by atoms with van der Waals surface area (Å²) in [6.45, 7) is 1.83. The SMILES string of the molecule is COc1cc(C#Cc2cccs2)cc(C)c1O. The standard InChI is InChI=1S/C14H12O2S/c1-10-8-11(9-13(16-2)14(10)15)5-6-12-4-3-7-17-12/h3-4,7-9,15H,1-2H3. The number of ether oxygens (including phenoxy) is 1. The fraction of sp³-hybridized carbons (Fsp3) is 0.143. The van der Waals surface area contributed by atoms with E-state index in [9.17, 15) is 5.11 Å². The number of methoxy groups -OCH3 is 1.